The van der Waals surface area contributed by atoms with Crippen LogP contribution in [0, 0.1) is 71.2 Å². The monoisotopic (exact) mass is 548 g/mol. The van der Waals surface area contributed by atoms with Crippen LogP contribution in [0.25, 0.3) is 10.8 Å². The van der Waals surface area contributed by atoms with Gasteiger partial charge in [0.2, 0.25) is 0 Å². The van der Waals surface area contributed by atoms with E-state index in [1.54, 1.807) is 12.1 Å². The van der Waals surface area contributed by atoms with Gasteiger partial charge in [-0.1, -0.05) is 29.6 Å². The molecule has 0 fully saturated rings. The molecule has 0 N–H and O–H groups in total. The fraction of sp³-hybridized carbons (Fsp3) is 0.219. The Balaban J connectivity index is -0.000000319. The molecule has 0 spiro atoms. The summed E-state index contributed by atoms with van der Waals surface area (Å²) in [6, 6.07) is 15.6. The topological polar surface area (TPSA) is 79.1 Å². The Bertz CT molecular complexity index is 1160. The normalized spacial score (nSPS) is 8.83. The maximum absolute atomic E-state index is 13.0. The second-order valence-corrected chi connectivity index (χ2v) is 7.54. The van der Waals surface area contributed by atoms with Gasteiger partial charge in [-0.15, -0.1) is 48.8 Å². The first-order chi connectivity index (χ1) is 18.5. The van der Waals surface area contributed by atoms with E-state index in [2.05, 4.69) is 56.4 Å². The Kier molecular flexibility index (Phi) is 32.3. The average molecular weight is 548 g/mol. The van der Waals surface area contributed by atoms with E-state index in [9.17, 15) is 4.39 Å². The zero-order chi connectivity index (χ0) is 28.2. The van der Waals surface area contributed by atoms with E-state index in [1.807, 2.05) is 35.9 Å². The van der Waals surface area contributed by atoms with Crippen LogP contribution >= 0.6 is 0 Å². The molecular formula is C32H36FLi3N4O2-6. The van der Waals surface area contributed by atoms with Crippen LogP contribution in [0.15, 0.2) is 49.1 Å². The third-order valence-corrected chi connectivity index (χ3v) is 4.93. The molecule has 0 saturated heterocycles. The molecule has 0 aliphatic rings. The van der Waals surface area contributed by atoms with E-state index in [4.69, 9.17) is 14.8 Å². The molecule has 0 aliphatic heterocycles. The SMILES string of the molecule is C=C[C-]=O.Fc1cc[c-]c2ccccc12.[CH2-]CC[CH-]COc1nc([CH2-])c(C[CH2-])c(N(C[CH2-])C[CH-]CC#N)n1.[CH3-].[Li+].[Li+].[Li+]. The van der Waals surface area contributed by atoms with Gasteiger partial charge in [-0.25, -0.2) is 53.5 Å². The van der Waals surface area contributed by atoms with Crippen molar-refractivity contribution in [3.05, 3.63) is 120 Å². The van der Waals surface area contributed by atoms with Crippen molar-refractivity contribution in [3.8, 4) is 12.1 Å². The summed E-state index contributed by atoms with van der Waals surface area (Å²) in [7, 11) is 0. The maximum atomic E-state index is 13.0. The summed E-state index contributed by atoms with van der Waals surface area (Å²) in [6.45, 7) is 20.2. The van der Waals surface area contributed by atoms with Gasteiger partial charge in [0, 0.05) is 17.7 Å². The number of aromatic nitrogens is 2. The second-order valence-electron chi connectivity index (χ2n) is 7.54. The molecule has 42 heavy (non-hydrogen) atoms. The largest absolute Gasteiger partial charge is 1.00 e. The smallest absolute Gasteiger partial charge is 0.496 e. The number of benzene rings is 2. The van der Waals surface area contributed by atoms with Crippen LogP contribution in [-0.2, 0) is 11.2 Å². The average Bonchev–Trinajstić information content (AvgIpc) is 2.94. The zero-order valence-electron chi connectivity index (χ0n) is 25.7. The fourth-order valence-corrected chi connectivity index (χ4v) is 3.12. The van der Waals surface area contributed by atoms with Crippen LogP contribution in [0.2, 0.25) is 0 Å². The molecule has 212 valence electrons. The van der Waals surface area contributed by atoms with Crippen molar-refractivity contribution in [2.24, 2.45) is 0 Å². The molecular weight excluding hydrogens is 512 g/mol. The number of hydrogen-bond donors (Lipinski definition) is 0. The minimum Gasteiger partial charge on any atom is -0.496 e. The van der Waals surface area contributed by atoms with Gasteiger partial charge in [0.25, 0.3) is 0 Å². The van der Waals surface area contributed by atoms with Crippen molar-refractivity contribution in [2.45, 2.75) is 25.7 Å². The number of nitriles is 1. The molecule has 6 nitrogen and oxygen atoms in total. The van der Waals surface area contributed by atoms with E-state index in [1.165, 1.54) is 12.4 Å². The van der Waals surface area contributed by atoms with Gasteiger partial charge in [0.1, 0.15) is 0 Å². The molecule has 0 unspecified atom stereocenters. The van der Waals surface area contributed by atoms with Crippen molar-refractivity contribution in [1.29, 1.82) is 5.26 Å². The number of nitrogens with zero attached hydrogens (tertiary/aromatic N) is 4. The summed E-state index contributed by atoms with van der Waals surface area (Å²) < 4.78 is 18.5. The first kappa shape index (κ1) is 46.8. The number of rotatable bonds is 12. The van der Waals surface area contributed by atoms with E-state index in [0.29, 0.717) is 49.6 Å². The molecule has 1 heterocycles. The summed E-state index contributed by atoms with van der Waals surface area (Å²) in [5.74, 6) is 0.538. The number of anilines is 1. The molecule has 0 bridgehead atoms. The number of halogens is 1. The van der Waals surface area contributed by atoms with E-state index < -0.39 is 0 Å². The van der Waals surface area contributed by atoms with Crippen LogP contribution in [-0.4, -0.2) is 36.0 Å². The van der Waals surface area contributed by atoms with Gasteiger partial charge in [0.15, 0.2) is 0 Å². The molecule has 10 heteroatoms. The van der Waals surface area contributed by atoms with Gasteiger partial charge < -0.3 is 42.6 Å². The van der Waals surface area contributed by atoms with Crippen molar-refractivity contribution < 1.29 is 70.5 Å². The summed E-state index contributed by atoms with van der Waals surface area (Å²) in [5.41, 5.74) is 1.48. The third-order valence-electron chi connectivity index (χ3n) is 4.93. The fourth-order valence-electron chi connectivity index (χ4n) is 3.12. The molecule has 1 aromatic heterocycles. The molecule has 2 aromatic carbocycles. The van der Waals surface area contributed by atoms with Gasteiger partial charge in [0.05, 0.1) is 0 Å². The van der Waals surface area contributed by atoms with Gasteiger partial charge >= 0.3 is 62.6 Å². The second kappa shape index (κ2) is 29.0. The Morgan fingerprint density at radius 3 is 2.38 bits per heavy atom. The van der Waals surface area contributed by atoms with Gasteiger partial charge in [-0.3, -0.25) is 12.8 Å². The molecule has 0 radical (unpaired) electrons. The Labute approximate surface area is 289 Å². The van der Waals surface area contributed by atoms with Crippen LogP contribution in [0.4, 0.5) is 10.2 Å². The van der Waals surface area contributed by atoms with Crippen LogP contribution in [0.3, 0.4) is 0 Å². The molecule has 0 atom stereocenters. The molecule has 0 aliphatic carbocycles. The number of allylic oxidation sites excluding steroid dienone is 1. The van der Waals surface area contributed by atoms with Crippen molar-refractivity contribution in [2.75, 3.05) is 24.6 Å². The van der Waals surface area contributed by atoms with Crippen molar-refractivity contribution >= 4 is 22.9 Å². The standard InChI is InChI=1S/C18H24N4O.C10H6F.C3H3O.CH3.3Li/c1-5-8-11-14-23-18-20-15(4)16(6-2)17(21-18)22(7-3)13-10-9-12-19;11-10-7-3-5-8-4-1-2-6-9(8)10;1-2-3-4;;;;/h10-11H,1-9,13-14H2;1-4,6-7H;2H,1H2;1H3;;;/q-6;3*-1;3*+1. The Hall–Kier alpha value is -2.13. The summed E-state index contributed by atoms with van der Waals surface area (Å²) >= 11 is 0. The Morgan fingerprint density at radius 2 is 1.83 bits per heavy atom. The maximum Gasteiger partial charge on any atom is 1.00 e. The third kappa shape index (κ3) is 17.1. The predicted molar refractivity (Wildman–Crippen MR) is 157 cm³/mol. The molecule has 0 saturated carbocycles. The van der Waals surface area contributed by atoms with Crippen LogP contribution < -0.4 is 66.2 Å². The first-order valence-corrected chi connectivity index (χ1v) is 12.0. The molecule has 3 rings (SSSR count). The number of hydrogen-bond acceptors (Lipinski definition) is 6. The van der Waals surface area contributed by atoms with Crippen LogP contribution in [0.5, 0.6) is 6.01 Å². The van der Waals surface area contributed by atoms with Gasteiger partial charge in [-0.2, -0.15) is 10.5 Å². The van der Waals surface area contributed by atoms with E-state index in [0.717, 1.165) is 35.7 Å². The van der Waals surface area contributed by atoms with E-state index in [-0.39, 0.29) is 69.8 Å². The number of ether oxygens (including phenoxy) is 1. The number of carbonyl (C=O) groups excluding carboxylic acids is 1. The Morgan fingerprint density at radius 1 is 1.17 bits per heavy atom. The number of fused-ring (bicyclic) bond motifs is 1. The summed E-state index contributed by atoms with van der Waals surface area (Å²) in [6.07, 6.45) is 9.01. The van der Waals surface area contributed by atoms with Crippen LogP contribution in [0.1, 0.15) is 30.5 Å². The first-order valence-electron chi connectivity index (χ1n) is 12.0. The summed E-state index contributed by atoms with van der Waals surface area (Å²) in [5, 5.41) is 10.1. The minimum absolute atomic E-state index is 0. The quantitative estimate of drug-likeness (QED) is 0.108. The van der Waals surface area contributed by atoms with Gasteiger partial charge in [-0.05, 0) is 12.9 Å². The zero-order valence-corrected chi connectivity index (χ0v) is 25.7. The summed E-state index contributed by atoms with van der Waals surface area (Å²) in [4.78, 5) is 19.7. The van der Waals surface area contributed by atoms with E-state index >= 15 is 0 Å². The predicted octanol–water partition coefficient (Wildman–Crippen LogP) is -2.49. The molecule has 0 amide bonds. The van der Waals surface area contributed by atoms with Crippen molar-refractivity contribution in [1.82, 2.24) is 9.97 Å². The van der Waals surface area contributed by atoms with Crippen molar-refractivity contribution in [3.63, 3.8) is 0 Å². The number of unbranched alkanes of at least 4 members (excludes halogenated alkanes) is 3. The minimum atomic E-state index is -0.181. The molecule has 3 aromatic rings.